The Bertz CT molecular complexity index is 737. The van der Waals surface area contributed by atoms with E-state index >= 15 is 0 Å². The minimum atomic E-state index is -0.811. The zero-order valence-corrected chi connectivity index (χ0v) is 13.2. The second kappa shape index (κ2) is 5.32. The molecule has 4 nitrogen and oxygen atoms in total. The van der Waals surface area contributed by atoms with Crippen molar-refractivity contribution < 1.29 is 19.0 Å². The molecular formula is C19H20O4. The van der Waals surface area contributed by atoms with E-state index < -0.39 is 11.2 Å². The standard InChI is InChI=1S/C19H20O4/c1-21-19-11-5-10-18(19,12-13-22-19)17(20)23-16-9-4-7-14-6-2-3-8-15(14)16/h2-4,6-9H,5,10-13H2,1H3. The lowest BCUT2D eigenvalue weighted by molar-refractivity contribution is -0.234. The summed E-state index contributed by atoms with van der Waals surface area (Å²) in [6.45, 7) is 0.540. The fraction of sp³-hybridized carbons (Fsp3) is 0.421. The highest BCUT2D eigenvalue weighted by Gasteiger charge is 2.65. The van der Waals surface area contributed by atoms with E-state index in [1.807, 2.05) is 42.5 Å². The van der Waals surface area contributed by atoms with E-state index in [9.17, 15) is 4.79 Å². The van der Waals surface area contributed by atoms with Gasteiger partial charge in [-0.3, -0.25) is 4.79 Å². The first-order valence-corrected chi connectivity index (χ1v) is 8.10. The molecule has 2 fully saturated rings. The Hall–Kier alpha value is -1.91. The second-order valence-corrected chi connectivity index (χ2v) is 6.36. The van der Waals surface area contributed by atoms with Crippen LogP contribution in [0.5, 0.6) is 5.75 Å². The van der Waals surface area contributed by atoms with E-state index in [4.69, 9.17) is 14.2 Å². The molecule has 1 saturated heterocycles. The maximum atomic E-state index is 13.0. The van der Waals surface area contributed by atoms with E-state index in [-0.39, 0.29) is 5.97 Å². The van der Waals surface area contributed by atoms with Crippen molar-refractivity contribution in [2.45, 2.75) is 31.5 Å². The molecule has 2 aromatic rings. The van der Waals surface area contributed by atoms with Crippen molar-refractivity contribution in [3.63, 3.8) is 0 Å². The molecule has 0 aromatic heterocycles. The number of ether oxygens (including phenoxy) is 3. The minimum Gasteiger partial charge on any atom is -0.425 e. The summed E-state index contributed by atoms with van der Waals surface area (Å²) in [4.78, 5) is 13.0. The molecule has 2 aliphatic rings. The molecule has 1 saturated carbocycles. The largest absolute Gasteiger partial charge is 0.425 e. The SMILES string of the molecule is COC12CCCC1(C(=O)Oc1cccc3ccccc13)CCO2. The Labute approximate surface area is 135 Å². The van der Waals surface area contributed by atoms with E-state index in [2.05, 4.69) is 0 Å². The van der Waals surface area contributed by atoms with Crippen molar-refractivity contribution in [3.8, 4) is 5.75 Å². The lowest BCUT2D eigenvalue weighted by Gasteiger charge is -2.35. The first kappa shape index (κ1) is 14.7. The predicted molar refractivity (Wildman–Crippen MR) is 86.2 cm³/mol. The summed E-state index contributed by atoms with van der Waals surface area (Å²) >= 11 is 0. The molecule has 0 bridgehead atoms. The van der Waals surface area contributed by atoms with E-state index in [1.54, 1.807) is 7.11 Å². The van der Waals surface area contributed by atoms with Gasteiger partial charge in [0, 0.05) is 18.9 Å². The van der Waals surface area contributed by atoms with Gasteiger partial charge in [0.05, 0.1) is 6.61 Å². The van der Waals surface area contributed by atoms with Gasteiger partial charge in [0.15, 0.2) is 5.79 Å². The average molecular weight is 312 g/mol. The summed E-state index contributed by atoms with van der Waals surface area (Å²) in [5, 5.41) is 2.00. The van der Waals surface area contributed by atoms with Crippen LogP contribution >= 0.6 is 0 Å². The minimum absolute atomic E-state index is 0.231. The molecule has 0 amide bonds. The Morgan fingerprint density at radius 1 is 1.09 bits per heavy atom. The van der Waals surface area contributed by atoms with Crippen LogP contribution in [0.4, 0.5) is 0 Å². The fourth-order valence-electron chi connectivity index (χ4n) is 4.17. The number of carbonyl (C=O) groups excluding carboxylic acids is 1. The number of rotatable bonds is 3. The Balaban J connectivity index is 1.70. The van der Waals surface area contributed by atoms with Crippen LogP contribution in [0.1, 0.15) is 25.7 Å². The van der Waals surface area contributed by atoms with Crippen molar-refractivity contribution in [2.24, 2.45) is 5.41 Å². The molecule has 23 heavy (non-hydrogen) atoms. The second-order valence-electron chi connectivity index (χ2n) is 6.36. The van der Waals surface area contributed by atoms with Crippen LogP contribution in [0.15, 0.2) is 42.5 Å². The van der Waals surface area contributed by atoms with Gasteiger partial charge in [-0.15, -0.1) is 0 Å². The molecule has 2 aromatic carbocycles. The maximum Gasteiger partial charge on any atom is 0.323 e. The molecule has 2 atom stereocenters. The van der Waals surface area contributed by atoms with Gasteiger partial charge in [-0.1, -0.05) is 36.4 Å². The van der Waals surface area contributed by atoms with Crippen molar-refractivity contribution in [1.82, 2.24) is 0 Å². The van der Waals surface area contributed by atoms with Gasteiger partial charge >= 0.3 is 5.97 Å². The molecule has 1 heterocycles. The van der Waals surface area contributed by atoms with Crippen LogP contribution in [-0.2, 0) is 14.3 Å². The number of fused-ring (bicyclic) bond motifs is 2. The highest BCUT2D eigenvalue weighted by molar-refractivity contribution is 5.91. The topological polar surface area (TPSA) is 44.8 Å². The molecule has 120 valence electrons. The molecule has 1 aliphatic heterocycles. The van der Waals surface area contributed by atoms with Gasteiger partial charge in [0.25, 0.3) is 0 Å². The van der Waals surface area contributed by atoms with Crippen LogP contribution in [0, 0.1) is 5.41 Å². The number of hydrogen-bond acceptors (Lipinski definition) is 4. The maximum absolute atomic E-state index is 13.0. The summed E-state index contributed by atoms with van der Waals surface area (Å²) < 4.78 is 17.3. The van der Waals surface area contributed by atoms with Crippen LogP contribution in [0.2, 0.25) is 0 Å². The van der Waals surface area contributed by atoms with Gasteiger partial charge in [0.2, 0.25) is 0 Å². The zero-order valence-electron chi connectivity index (χ0n) is 13.2. The number of benzene rings is 2. The summed E-state index contributed by atoms with van der Waals surface area (Å²) in [7, 11) is 1.62. The lowest BCUT2D eigenvalue weighted by Crippen LogP contribution is -2.49. The normalized spacial score (nSPS) is 29.6. The Morgan fingerprint density at radius 3 is 2.78 bits per heavy atom. The number of hydrogen-bond donors (Lipinski definition) is 0. The summed E-state index contributed by atoms with van der Waals surface area (Å²) in [5.41, 5.74) is -0.682. The molecule has 0 N–H and O–H groups in total. The summed E-state index contributed by atoms with van der Waals surface area (Å²) in [5.74, 6) is -0.439. The van der Waals surface area contributed by atoms with Crippen molar-refractivity contribution in [2.75, 3.05) is 13.7 Å². The monoisotopic (exact) mass is 312 g/mol. The molecule has 0 spiro atoms. The highest BCUT2D eigenvalue weighted by atomic mass is 16.7. The fourth-order valence-corrected chi connectivity index (χ4v) is 4.17. The average Bonchev–Trinajstić information content (AvgIpc) is 3.11. The van der Waals surface area contributed by atoms with Crippen LogP contribution in [0.3, 0.4) is 0 Å². The third-order valence-corrected chi connectivity index (χ3v) is 5.38. The predicted octanol–water partition coefficient (Wildman–Crippen LogP) is 3.68. The van der Waals surface area contributed by atoms with Crippen molar-refractivity contribution in [3.05, 3.63) is 42.5 Å². The third kappa shape index (κ3) is 2.02. The van der Waals surface area contributed by atoms with Gasteiger partial charge < -0.3 is 14.2 Å². The van der Waals surface area contributed by atoms with E-state index in [0.717, 1.165) is 30.0 Å². The molecule has 0 radical (unpaired) electrons. The Kier molecular flexibility index (Phi) is 3.39. The quantitative estimate of drug-likeness (QED) is 0.640. The summed E-state index contributed by atoms with van der Waals surface area (Å²) in [6.07, 6.45) is 3.07. The van der Waals surface area contributed by atoms with Gasteiger partial charge in [0.1, 0.15) is 11.2 Å². The third-order valence-electron chi connectivity index (χ3n) is 5.38. The number of esters is 1. The van der Waals surface area contributed by atoms with E-state index in [0.29, 0.717) is 18.8 Å². The zero-order chi connectivity index (χ0) is 15.9. The van der Waals surface area contributed by atoms with Crippen LogP contribution in [-0.4, -0.2) is 25.5 Å². The molecule has 4 rings (SSSR count). The van der Waals surface area contributed by atoms with Gasteiger partial charge in [-0.25, -0.2) is 0 Å². The molecular weight excluding hydrogens is 292 g/mol. The first-order valence-electron chi connectivity index (χ1n) is 8.10. The Morgan fingerprint density at radius 2 is 1.91 bits per heavy atom. The van der Waals surface area contributed by atoms with Crippen molar-refractivity contribution >= 4 is 16.7 Å². The molecule has 4 heteroatoms. The van der Waals surface area contributed by atoms with Gasteiger partial charge in [-0.05, 0) is 30.7 Å². The highest BCUT2D eigenvalue weighted by Crippen LogP contribution is 2.56. The number of carbonyl (C=O) groups is 1. The summed E-state index contributed by atoms with van der Waals surface area (Å²) in [6, 6.07) is 13.7. The van der Waals surface area contributed by atoms with Crippen molar-refractivity contribution in [1.29, 1.82) is 0 Å². The lowest BCUT2D eigenvalue weighted by atomic mass is 9.80. The first-order chi connectivity index (χ1) is 11.2. The van der Waals surface area contributed by atoms with Gasteiger partial charge in [-0.2, -0.15) is 0 Å². The smallest absolute Gasteiger partial charge is 0.323 e. The number of methoxy groups -OCH3 is 1. The van der Waals surface area contributed by atoms with E-state index in [1.165, 1.54) is 0 Å². The molecule has 1 aliphatic carbocycles. The van der Waals surface area contributed by atoms with Crippen LogP contribution < -0.4 is 4.74 Å². The van der Waals surface area contributed by atoms with Crippen LogP contribution in [0.25, 0.3) is 10.8 Å². The molecule has 2 unspecified atom stereocenters.